The summed E-state index contributed by atoms with van der Waals surface area (Å²) in [6, 6.07) is 8.16. The molecule has 0 atom stereocenters. The summed E-state index contributed by atoms with van der Waals surface area (Å²) in [5.41, 5.74) is 3.68. The molecule has 0 radical (unpaired) electrons. The molecular formula is C16H21NO2. The zero-order valence-corrected chi connectivity index (χ0v) is 12.0. The fourth-order valence-corrected chi connectivity index (χ4v) is 1.96. The summed E-state index contributed by atoms with van der Waals surface area (Å²) in [7, 11) is 1.91. The molecule has 0 saturated heterocycles. The first-order valence-corrected chi connectivity index (χ1v) is 6.53. The predicted molar refractivity (Wildman–Crippen MR) is 76.5 cm³/mol. The lowest BCUT2D eigenvalue weighted by Gasteiger charge is -2.06. The van der Waals surface area contributed by atoms with Crippen molar-refractivity contribution in [1.29, 1.82) is 0 Å². The SMILES string of the molecule is CNCc1oc(COc2ccc(C)c(C)c2)cc1C. The van der Waals surface area contributed by atoms with E-state index in [4.69, 9.17) is 9.15 Å². The van der Waals surface area contributed by atoms with Gasteiger partial charge >= 0.3 is 0 Å². The van der Waals surface area contributed by atoms with E-state index in [0.717, 1.165) is 29.4 Å². The van der Waals surface area contributed by atoms with Crippen molar-refractivity contribution in [3.8, 4) is 5.75 Å². The van der Waals surface area contributed by atoms with Gasteiger partial charge in [0.1, 0.15) is 23.9 Å². The van der Waals surface area contributed by atoms with Crippen LogP contribution in [0.3, 0.4) is 0 Å². The Kier molecular flexibility index (Phi) is 4.27. The molecule has 1 aromatic carbocycles. The van der Waals surface area contributed by atoms with Crippen LogP contribution in [0.5, 0.6) is 5.75 Å². The topological polar surface area (TPSA) is 34.4 Å². The first-order chi connectivity index (χ1) is 9.10. The van der Waals surface area contributed by atoms with Gasteiger partial charge in [0, 0.05) is 0 Å². The smallest absolute Gasteiger partial charge is 0.146 e. The molecule has 102 valence electrons. The van der Waals surface area contributed by atoms with E-state index in [9.17, 15) is 0 Å². The summed E-state index contributed by atoms with van der Waals surface area (Å²) >= 11 is 0. The van der Waals surface area contributed by atoms with Crippen molar-refractivity contribution in [3.63, 3.8) is 0 Å². The van der Waals surface area contributed by atoms with Crippen LogP contribution < -0.4 is 10.1 Å². The van der Waals surface area contributed by atoms with Crippen molar-refractivity contribution < 1.29 is 9.15 Å². The number of rotatable bonds is 5. The van der Waals surface area contributed by atoms with Crippen molar-refractivity contribution in [2.24, 2.45) is 0 Å². The minimum Gasteiger partial charge on any atom is -0.486 e. The van der Waals surface area contributed by atoms with E-state index in [1.54, 1.807) is 0 Å². The van der Waals surface area contributed by atoms with Gasteiger partial charge < -0.3 is 14.5 Å². The standard InChI is InChI=1S/C16H21NO2/c1-11-5-6-14(7-12(11)2)18-10-15-8-13(3)16(19-15)9-17-4/h5-8,17H,9-10H2,1-4H3. The molecule has 0 fully saturated rings. The molecule has 2 aromatic rings. The third-order valence-electron chi connectivity index (χ3n) is 3.27. The van der Waals surface area contributed by atoms with Gasteiger partial charge in [-0.1, -0.05) is 6.07 Å². The Labute approximate surface area is 114 Å². The van der Waals surface area contributed by atoms with E-state index in [0.29, 0.717) is 6.61 Å². The van der Waals surface area contributed by atoms with Gasteiger partial charge in [0.25, 0.3) is 0 Å². The summed E-state index contributed by atoms with van der Waals surface area (Å²) < 4.78 is 11.5. The Balaban J connectivity index is 2.01. The zero-order chi connectivity index (χ0) is 13.8. The van der Waals surface area contributed by atoms with Gasteiger partial charge in [0.15, 0.2) is 0 Å². The first-order valence-electron chi connectivity index (χ1n) is 6.53. The highest BCUT2D eigenvalue weighted by atomic mass is 16.5. The average Bonchev–Trinajstić information content (AvgIpc) is 2.72. The zero-order valence-electron chi connectivity index (χ0n) is 12.0. The van der Waals surface area contributed by atoms with E-state index in [-0.39, 0.29) is 0 Å². The number of aryl methyl sites for hydroxylation is 3. The highest BCUT2D eigenvalue weighted by molar-refractivity contribution is 5.34. The number of furan rings is 1. The average molecular weight is 259 g/mol. The molecule has 19 heavy (non-hydrogen) atoms. The van der Waals surface area contributed by atoms with Gasteiger partial charge in [-0.2, -0.15) is 0 Å². The van der Waals surface area contributed by atoms with Crippen molar-refractivity contribution in [2.75, 3.05) is 7.05 Å². The van der Waals surface area contributed by atoms with E-state index in [2.05, 4.69) is 38.2 Å². The van der Waals surface area contributed by atoms with E-state index < -0.39 is 0 Å². The van der Waals surface area contributed by atoms with Gasteiger partial charge in [-0.25, -0.2) is 0 Å². The van der Waals surface area contributed by atoms with Crippen LogP contribution in [0, 0.1) is 20.8 Å². The Bertz CT molecular complexity index is 558. The van der Waals surface area contributed by atoms with Crippen molar-refractivity contribution in [1.82, 2.24) is 5.32 Å². The Morgan fingerprint density at radius 3 is 2.53 bits per heavy atom. The van der Waals surface area contributed by atoms with Crippen LogP contribution in [0.4, 0.5) is 0 Å². The minimum absolute atomic E-state index is 0.465. The highest BCUT2D eigenvalue weighted by Gasteiger charge is 2.07. The number of benzene rings is 1. The molecule has 2 rings (SSSR count). The van der Waals surface area contributed by atoms with E-state index >= 15 is 0 Å². The Morgan fingerprint density at radius 2 is 1.84 bits per heavy atom. The third kappa shape index (κ3) is 3.38. The van der Waals surface area contributed by atoms with Crippen LogP contribution in [-0.4, -0.2) is 7.05 Å². The first kappa shape index (κ1) is 13.7. The predicted octanol–water partition coefficient (Wildman–Crippen LogP) is 3.50. The van der Waals surface area contributed by atoms with Gasteiger partial charge in [0.2, 0.25) is 0 Å². The fourth-order valence-electron chi connectivity index (χ4n) is 1.96. The van der Waals surface area contributed by atoms with Crippen molar-refractivity contribution >= 4 is 0 Å². The number of nitrogens with one attached hydrogen (secondary N) is 1. The monoisotopic (exact) mass is 259 g/mol. The summed E-state index contributed by atoms with van der Waals surface area (Å²) in [5.74, 6) is 2.72. The quantitative estimate of drug-likeness (QED) is 0.892. The molecule has 0 unspecified atom stereocenters. The lowest BCUT2D eigenvalue weighted by molar-refractivity contribution is 0.265. The minimum atomic E-state index is 0.465. The van der Waals surface area contributed by atoms with Crippen LogP contribution in [0.1, 0.15) is 28.2 Å². The number of hydrogen-bond donors (Lipinski definition) is 1. The van der Waals surface area contributed by atoms with Crippen molar-refractivity contribution in [3.05, 3.63) is 52.5 Å². The molecule has 0 aliphatic carbocycles. The van der Waals surface area contributed by atoms with Crippen LogP contribution in [0.2, 0.25) is 0 Å². The molecule has 0 aliphatic rings. The van der Waals surface area contributed by atoms with Gasteiger partial charge in [-0.05, 0) is 62.7 Å². The second kappa shape index (κ2) is 5.93. The molecule has 0 aliphatic heterocycles. The molecule has 0 spiro atoms. The number of hydrogen-bond acceptors (Lipinski definition) is 3. The van der Waals surface area contributed by atoms with Crippen molar-refractivity contribution in [2.45, 2.75) is 33.9 Å². The van der Waals surface area contributed by atoms with Gasteiger partial charge in [0.05, 0.1) is 6.54 Å². The summed E-state index contributed by atoms with van der Waals surface area (Å²) in [5, 5.41) is 3.09. The molecule has 1 heterocycles. The lowest BCUT2D eigenvalue weighted by atomic mass is 10.1. The molecule has 1 aromatic heterocycles. The van der Waals surface area contributed by atoms with Gasteiger partial charge in [-0.15, -0.1) is 0 Å². The summed E-state index contributed by atoms with van der Waals surface area (Å²) in [6.45, 7) is 7.45. The number of ether oxygens (including phenoxy) is 1. The van der Waals surface area contributed by atoms with Crippen LogP contribution in [0.25, 0.3) is 0 Å². The van der Waals surface area contributed by atoms with Crippen LogP contribution in [0.15, 0.2) is 28.7 Å². The second-order valence-corrected chi connectivity index (χ2v) is 4.88. The summed E-state index contributed by atoms with van der Waals surface area (Å²) in [4.78, 5) is 0. The normalized spacial score (nSPS) is 10.7. The second-order valence-electron chi connectivity index (χ2n) is 4.88. The highest BCUT2D eigenvalue weighted by Crippen LogP contribution is 2.20. The molecule has 0 amide bonds. The molecular weight excluding hydrogens is 238 g/mol. The third-order valence-corrected chi connectivity index (χ3v) is 3.27. The maximum absolute atomic E-state index is 5.76. The maximum Gasteiger partial charge on any atom is 0.146 e. The fraction of sp³-hybridized carbons (Fsp3) is 0.375. The summed E-state index contributed by atoms with van der Waals surface area (Å²) in [6.07, 6.45) is 0. The lowest BCUT2D eigenvalue weighted by Crippen LogP contribution is -2.04. The van der Waals surface area contributed by atoms with Gasteiger partial charge in [-0.3, -0.25) is 0 Å². The molecule has 3 nitrogen and oxygen atoms in total. The van der Waals surface area contributed by atoms with Crippen LogP contribution >= 0.6 is 0 Å². The van der Waals surface area contributed by atoms with E-state index in [1.807, 2.05) is 19.2 Å². The maximum atomic E-state index is 5.76. The Hall–Kier alpha value is -1.74. The molecule has 3 heteroatoms. The molecule has 1 N–H and O–H groups in total. The largest absolute Gasteiger partial charge is 0.486 e. The van der Waals surface area contributed by atoms with Crippen LogP contribution in [-0.2, 0) is 13.2 Å². The molecule has 0 saturated carbocycles. The molecule has 0 bridgehead atoms. The van der Waals surface area contributed by atoms with E-state index in [1.165, 1.54) is 11.1 Å². The Morgan fingerprint density at radius 1 is 1.05 bits per heavy atom.